The van der Waals surface area contributed by atoms with E-state index in [1.807, 2.05) is 6.07 Å². The van der Waals surface area contributed by atoms with Crippen LogP contribution in [-0.2, 0) is 13.0 Å². The molecular weight excluding hydrogens is 394 g/mol. The number of hydrogen-bond donors (Lipinski definition) is 1. The summed E-state index contributed by atoms with van der Waals surface area (Å²) in [6.45, 7) is 1.70. The molecule has 0 radical (unpaired) electrons. The number of methoxy groups -OCH3 is 1. The maximum absolute atomic E-state index is 12.9. The minimum atomic E-state index is -2.95. The smallest absolute Gasteiger partial charge is 0.387 e. The van der Waals surface area contributed by atoms with Crippen LogP contribution in [0.5, 0.6) is 17.2 Å². The van der Waals surface area contributed by atoms with Gasteiger partial charge in [0.15, 0.2) is 11.5 Å². The molecule has 0 unspecified atom stereocenters. The van der Waals surface area contributed by atoms with Gasteiger partial charge in [-0.15, -0.1) is 0 Å². The molecule has 6 nitrogen and oxygen atoms in total. The lowest BCUT2D eigenvalue weighted by Crippen LogP contribution is -3.13. The molecular formula is C22H25F2N2O4+. The Morgan fingerprint density at radius 1 is 1.17 bits per heavy atom. The lowest BCUT2D eigenvalue weighted by molar-refractivity contribution is -0.917. The molecule has 2 aliphatic rings. The van der Waals surface area contributed by atoms with Gasteiger partial charge in [0.1, 0.15) is 12.3 Å². The number of hydrogen-bond acceptors (Lipinski definition) is 4. The van der Waals surface area contributed by atoms with Crippen molar-refractivity contribution in [3.8, 4) is 17.2 Å². The van der Waals surface area contributed by atoms with Crippen LogP contribution in [0.2, 0.25) is 0 Å². The summed E-state index contributed by atoms with van der Waals surface area (Å²) in [5.74, 6) is 0.888. The van der Waals surface area contributed by atoms with Gasteiger partial charge in [-0.05, 0) is 42.0 Å². The highest BCUT2D eigenvalue weighted by Crippen LogP contribution is 2.30. The molecule has 30 heavy (non-hydrogen) atoms. The van der Waals surface area contributed by atoms with Crippen LogP contribution in [0.25, 0.3) is 0 Å². The van der Waals surface area contributed by atoms with Crippen LogP contribution in [0.1, 0.15) is 21.5 Å². The molecule has 2 aromatic rings. The fourth-order valence-electron chi connectivity index (χ4n) is 4.02. The predicted octanol–water partition coefficient (Wildman–Crippen LogP) is 1.77. The maximum atomic E-state index is 12.9. The normalized spacial score (nSPS) is 16.3. The summed E-state index contributed by atoms with van der Waals surface area (Å²) in [5.41, 5.74) is 2.96. The van der Waals surface area contributed by atoms with Crippen molar-refractivity contribution in [3.63, 3.8) is 0 Å². The largest absolute Gasteiger partial charge is 0.493 e. The van der Waals surface area contributed by atoms with E-state index in [1.165, 1.54) is 41.3 Å². The van der Waals surface area contributed by atoms with Crippen molar-refractivity contribution in [2.45, 2.75) is 19.6 Å². The second kappa shape index (κ2) is 8.87. The summed E-state index contributed by atoms with van der Waals surface area (Å²) in [5, 5.41) is 0. The third kappa shape index (κ3) is 4.48. The van der Waals surface area contributed by atoms with Gasteiger partial charge in [-0.1, -0.05) is 0 Å². The van der Waals surface area contributed by atoms with E-state index in [-0.39, 0.29) is 17.4 Å². The monoisotopic (exact) mass is 419 g/mol. The molecule has 0 aliphatic carbocycles. The third-order valence-electron chi connectivity index (χ3n) is 5.59. The number of alkyl halides is 2. The molecule has 4 rings (SSSR count). The fourth-order valence-corrected chi connectivity index (χ4v) is 4.02. The SMILES string of the molecule is COc1cc(C(=O)N2CC[NH+](Cc3ccc4c(c3)CCO4)CC2)ccc1OC(F)F. The van der Waals surface area contributed by atoms with Crippen LogP contribution in [-0.4, -0.2) is 57.3 Å². The Labute approximate surface area is 173 Å². The Kier molecular flexibility index (Phi) is 6.03. The molecule has 0 saturated carbocycles. The highest BCUT2D eigenvalue weighted by atomic mass is 19.3. The first kappa shape index (κ1) is 20.4. The minimum absolute atomic E-state index is 0.0851. The van der Waals surface area contributed by atoms with Gasteiger partial charge >= 0.3 is 6.61 Å². The van der Waals surface area contributed by atoms with E-state index in [1.54, 1.807) is 4.90 Å². The first-order valence-electron chi connectivity index (χ1n) is 10.0. The number of benzene rings is 2. The summed E-state index contributed by atoms with van der Waals surface area (Å²) < 4.78 is 40.0. The lowest BCUT2D eigenvalue weighted by Gasteiger charge is -2.32. The summed E-state index contributed by atoms with van der Waals surface area (Å²) in [6, 6.07) is 10.7. The highest BCUT2D eigenvalue weighted by molar-refractivity contribution is 5.95. The molecule has 2 aromatic carbocycles. The van der Waals surface area contributed by atoms with Crippen LogP contribution in [0, 0.1) is 0 Å². The first-order valence-corrected chi connectivity index (χ1v) is 10.0. The fraction of sp³-hybridized carbons (Fsp3) is 0.409. The van der Waals surface area contributed by atoms with Gasteiger partial charge in [0.2, 0.25) is 0 Å². The Balaban J connectivity index is 1.35. The molecule has 0 atom stereocenters. The molecule has 1 amide bonds. The molecule has 160 valence electrons. The van der Waals surface area contributed by atoms with Crippen molar-refractivity contribution in [1.29, 1.82) is 0 Å². The number of ether oxygens (including phenoxy) is 3. The standard InChI is InChI=1S/C22H24F2N2O4/c1-28-20-13-17(3-5-19(20)30-22(23)24)21(27)26-9-7-25(8-10-26)14-15-2-4-18-16(12-15)6-11-29-18/h2-5,12-13,22H,6-11,14H2,1H3/p+1. The van der Waals surface area contributed by atoms with Crippen LogP contribution < -0.4 is 19.1 Å². The topological polar surface area (TPSA) is 52.4 Å². The van der Waals surface area contributed by atoms with Crippen molar-refractivity contribution in [1.82, 2.24) is 4.90 Å². The van der Waals surface area contributed by atoms with Gasteiger partial charge < -0.3 is 24.0 Å². The zero-order valence-electron chi connectivity index (χ0n) is 16.8. The number of nitrogens with zero attached hydrogens (tertiary/aromatic N) is 1. The Hall–Kier alpha value is -2.87. The van der Waals surface area contributed by atoms with Crippen molar-refractivity contribution in [2.24, 2.45) is 0 Å². The lowest BCUT2D eigenvalue weighted by atomic mass is 10.1. The molecule has 1 saturated heterocycles. The van der Waals surface area contributed by atoms with Gasteiger partial charge in [0.05, 0.1) is 39.9 Å². The highest BCUT2D eigenvalue weighted by Gasteiger charge is 2.26. The van der Waals surface area contributed by atoms with Gasteiger partial charge in [-0.2, -0.15) is 8.78 Å². The van der Waals surface area contributed by atoms with E-state index in [0.29, 0.717) is 18.7 Å². The molecule has 0 aromatic heterocycles. The number of carbonyl (C=O) groups excluding carboxylic acids is 1. The zero-order valence-corrected chi connectivity index (χ0v) is 16.8. The van der Waals surface area contributed by atoms with E-state index in [4.69, 9.17) is 9.47 Å². The van der Waals surface area contributed by atoms with E-state index < -0.39 is 6.61 Å². The number of amides is 1. The number of carbonyl (C=O) groups is 1. The number of rotatable bonds is 6. The van der Waals surface area contributed by atoms with Crippen molar-refractivity contribution in [3.05, 3.63) is 53.1 Å². The molecule has 2 aliphatic heterocycles. The third-order valence-corrected chi connectivity index (χ3v) is 5.59. The maximum Gasteiger partial charge on any atom is 0.387 e. The van der Waals surface area contributed by atoms with E-state index in [2.05, 4.69) is 16.9 Å². The first-order chi connectivity index (χ1) is 14.5. The zero-order chi connectivity index (χ0) is 21.1. The average molecular weight is 419 g/mol. The summed E-state index contributed by atoms with van der Waals surface area (Å²) in [7, 11) is 1.36. The summed E-state index contributed by atoms with van der Waals surface area (Å²) in [6.07, 6.45) is 0.964. The average Bonchev–Trinajstić information content (AvgIpc) is 3.21. The number of quaternary nitrogens is 1. The quantitative estimate of drug-likeness (QED) is 0.776. The van der Waals surface area contributed by atoms with Gasteiger partial charge in [0.25, 0.3) is 5.91 Å². The number of nitrogens with one attached hydrogen (secondary N) is 1. The number of fused-ring (bicyclic) bond motifs is 1. The molecule has 8 heteroatoms. The number of halogens is 2. The molecule has 0 bridgehead atoms. The molecule has 2 heterocycles. The van der Waals surface area contributed by atoms with Gasteiger partial charge in [-0.25, -0.2) is 0 Å². The van der Waals surface area contributed by atoms with Crippen LogP contribution in [0.4, 0.5) is 8.78 Å². The van der Waals surface area contributed by atoms with E-state index in [0.717, 1.165) is 38.4 Å². The Morgan fingerprint density at radius 2 is 1.97 bits per heavy atom. The second-order valence-electron chi connectivity index (χ2n) is 7.50. The van der Waals surface area contributed by atoms with E-state index >= 15 is 0 Å². The molecule has 0 spiro atoms. The van der Waals surface area contributed by atoms with Crippen molar-refractivity contribution < 1.29 is 32.7 Å². The van der Waals surface area contributed by atoms with Crippen LogP contribution >= 0.6 is 0 Å². The van der Waals surface area contributed by atoms with Crippen LogP contribution in [0.15, 0.2) is 36.4 Å². The number of piperazine rings is 1. The predicted molar refractivity (Wildman–Crippen MR) is 106 cm³/mol. The summed E-state index contributed by atoms with van der Waals surface area (Å²) in [4.78, 5) is 16.1. The Bertz CT molecular complexity index is 914. The second-order valence-corrected chi connectivity index (χ2v) is 7.50. The minimum Gasteiger partial charge on any atom is -0.493 e. The van der Waals surface area contributed by atoms with Gasteiger partial charge in [0, 0.05) is 17.5 Å². The van der Waals surface area contributed by atoms with E-state index in [9.17, 15) is 13.6 Å². The van der Waals surface area contributed by atoms with Crippen molar-refractivity contribution in [2.75, 3.05) is 39.9 Å². The Morgan fingerprint density at radius 3 is 2.70 bits per heavy atom. The molecule has 1 N–H and O–H groups in total. The van der Waals surface area contributed by atoms with Crippen LogP contribution in [0.3, 0.4) is 0 Å². The molecule has 1 fully saturated rings. The van der Waals surface area contributed by atoms with Gasteiger partial charge in [-0.3, -0.25) is 4.79 Å². The summed E-state index contributed by atoms with van der Waals surface area (Å²) >= 11 is 0. The van der Waals surface area contributed by atoms with Crippen molar-refractivity contribution >= 4 is 5.91 Å².